The van der Waals surface area contributed by atoms with Crippen LogP contribution >= 0.6 is 23.4 Å². The van der Waals surface area contributed by atoms with E-state index in [0.717, 1.165) is 17.8 Å². The second kappa shape index (κ2) is 9.85. The molecule has 188 valence electrons. The number of aromatic nitrogens is 3. The highest BCUT2D eigenvalue weighted by atomic mass is 35.5. The molecule has 0 unspecified atom stereocenters. The van der Waals surface area contributed by atoms with Crippen LogP contribution in [-0.2, 0) is 22.3 Å². The maximum absolute atomic E-state index is 13.5. The molecule has 2 aliphatic rings. The molecule has 1 N–H and O–H groups in total. The number of hydrogen-bond acceptors (Lipinski definition) is 7. The largest absolute Gasteiger partial charge is 0.416 e. The first-order valence-corrected chi connectivity index (χ1v) is 12.1. The van der Waals surface area contributed by atoms with Crippen LogP contribution in [-0.4, -0.2) is 63.4 Å². The van der Waals surface area contributed by atoms with E-state index in [-0.39, 0.29) is 45.8 Å². The van der Waals surface area contributed by atoms with Crippen LogP contribution in [0.15, 0.2) is 41.3 Å². The Morgan fingerprint density at radius 2 is 2.06 bits per heavy atom. The average molecular weight is 538 g/mol. The van der Waals surface area contributed by atoms with Crippen molar-refractivity contribution in [2.24, 2.45) is 0 Å². The Bertz CT molecular complexity index is 1370. The molecule has 2 amide bonds. The first-order valence-electron chi connectivity index (χ1n) is 10.9. The Balaban J connectivity index is 1.36. The molecule has 0 radical (unpaired) electrons. The fourth-order valence-electron chi connectivity index (χ4n) is 4.07. The number of fused-ring (bicyclic) bond motifs is 1. The van der Waals surface area contributed by atoms with E-state index in [1.54, 1.807) is 24.3 Å². The smallest absolute Gasteiger partial charge is 0.378 e. The number of carbonyl (C=O) groups is 2. The van der Waals surface area contributed by atoms with Crippen LogP contribution in [0.5, 0.6) is 0 Å². The van der Waals surface area contributed by atoms with E-state index in [2.05, 4.69) is 15.6 Å². The van der Waals surface area contributed by atoms with Crippen molar-refractivity contribution >= 4 is 51.6 Å². The maximum atomic E-state index is 13.5. The molecule has 2 saturated heterocycles. The Kier molecular flexibility index (Phi) is 6.77. The first-order chi connectivity index (χ1) is 17.2. The molecule has 8 nitrogen and oxygen atoms in total. The summed E-state index contributed by atoms with van der Waals surface area (Å²) in [5, 5.41) is 10.9. The predicted molar refractivity (Wildman–Crippen MR) is 128 cm³/mol. The molecular formula is C23H19ClF3N5O3S. The summed E-state index contributed by atoms with van der Waals surface area (Å²) in [6.07, 6.45) is -2.97. The van der Waals surface area contributed by atoms with Gasteiger partial charge in [-0.1, -0.05) is 28.9 Å². The molecule has 2 fully saturated rings. The second-order valence-corrected chi connectivity index (χ2v) is 9.74. The molecule has 2 aliphatic heterocycles. The number of imide groups is 1. The molecule has 1 atom stereocenters. The van der Waals surface area contributed by atoms with Gasteiger partial charge in [0.1, 0.15) is 5.52 Å². The summed E-state index contributed by atoms with van der Waals surface area (Å²) in [5.74, 6) is -0.386. The lowest BCUT2D eigenvalue weighted by atomic mass is 10.1. The van der Waals surface area contributed by atoms with Crippen LogP contribution in [0.3, 0.4) is 0 Å². The normalized spacial score (nSPS) is 20.2. The van der Waals surface area contributed by atoms with E-state index in [4.69, 9.17) is 16.3 Å². The van der Waals surface area contributed by atoms with E-state index in [1.165, 1.54) is 21.7 Å². The third-order valence-electron chi connectivity index (χ3n) is 5.81. The number of hydrogen-bond donors (Lipinski definition) is 1. The van der Waals surface area contributed by atoms with Crippen molar-refractivity contribution in [1.29, 1.82) is 0 Å². The van der Waals surface area contributed by atoms with Crippen molar-refractivity contribution in [2.45, 2.75) is 18.8 Å². The number of amides is 2. The van der Waals surface area contributed by atoms with Gasteiger partial charge in [0.2, 0.25) is 0 Å². The lowest BCUT2D eigenvalue weighted by Crippen LogP contribution is -2.49. The highest BCUT2D eigenvalue weighted by Gasteiger charge is 2.37. The predicted octanol–water partition coefficient (Wildman–Crippen LogP) is 4.18. The Morgan fingerprint density at radius 3 is 2.81 bits per heavy atom. The van der Waals surface area contributed by atoms with E-state index in [1.807, 2.05) is 0 Å². The van der Waals surface area contributed by atoms with Crippen molar-refractivity contribution in [3.05, 3.63) is 63.0 Å². The summed E-state index contributed by atoms with van der Waals surface area (Å²) >= 11 is 6.62. The highest BCUT2D eigenvalue weighted by molar-refractivity contribution is 8.18. The Morgan fingerprint density at radius 1 is 1.22 bits per heavy atom. The van der Waals surface area contributed by atoms with Crippen molar-refractivity contribution < 1.29 is 27.5 Å². The maximum Gasteiger partial charge on any atom is 0.416 e. The highest BCUT2D eigenvalue weighted by Crippen LogP contribution is 2.35. The number of carbonyl (C=O) groups excluding carboxylic acids is 2. The number of rotatable bonds is 5. The summed E-state index contributed by atoms with van der Waals surface area (Å²) in [6.45, 7) is 1.74. The molecule has 2 aromatic carbocycles. The molecule has 0 bridgehead atoms. The number of halogens is 4. The van der Waals surface area contributed by atoms with Crippen molar-refractivity contribution in [1.82, 2.24) is 25.2 Å². The van der Waals surface area contributed by atoms with Crippen LogP contribution in [0.25, 0.3) is 17.1 Å². The number of thioether (sulfide) groups is 1. The molecule has 36 heavy (non-hydrogen) atoms. The van der Waals surface area contributed by atoms with E-state index in [0.29, 0.717) is 36.4 Å². The Hall–Kier alpha value is -2.93. The van der Waals surface area contributed by atoms with Gasteiger partial charge in [-0.2, -0.15) is 13.2 Å². The minimum absolute atomic E-state index is 0.00748. The summed E-state index contributed by atoms with van der Waals surface area (Å²) < 4.78 is 47.1. The van der Waals surface area contributed by atoms with Gasteiger partial charge in [-0.15, -0.1) is 5.10 Å². The number of nitrogens with zero attached hydrogens (tertiary/aromatic N) is 4. The van der Waals surface area contributed by atoms with Gasteiger partial charge in [-0.3, -0.25) is 14.5 Å². The lowest BCUT2D eigenvalue weighted by Gasteiger charge is -2.26. The van der Waals surface area contributed by atoms with Gasteiger partial charge in [-0.25, -0.2) is 4.68 Å². The number of alkyl halides is 3. The van der Waals surface area contributed by atoms with Gasteiger partial charge in [-0.05, 0) is 53.2 Å². The summed E-state index contributed by atoms with van der Waals surface area (Å²) in [7, 11) is 0. The second-order valence-electron chi connectivity index (χ2n) is 8.31. The summed E-state index contributed by atoms with van der Waals surface area (Å²) in [5.41, 5.74) is 0.748. The van der Waals surface area contributed by atoms with Crippen LogP contribution in [0.1, 0.15) is 16.7 Å². The fourth-order valence-corrected chi connectivity index (χ4v) is 5.09. The monoisotopic (exact) mass is 537 g/mol. The zero-order chi connectivity index (χ0) is 25.4. The van der Waals surface area contributed by atoms with Crippen molar-refractivity contribution in [3.63, 3.8) is 0 Å². The molecule has 5 rings (SSSR count). The minimum atomic E-state index is -4.56. The van der Waals surface area contributed by atoms with Gasteiger partial charge in [0, 0.05) is 24.2 Å². The van der Waals surface area contributed by atoms with Gasteiger partial charge < -0.3 is 10.1 Å². The topological polar surface area (TPSA) is 89.3 Å². The van der Waals surface area contributed by atoms with Crippen molar-refractivity contribution in [3.8, 4) is 0 Å². The van der Waals surface area contributed by atoms with Gasteiger partial charge in [0.15, 0.2) is 0 Å². The van der Waals surface area contributed by atoms with Crippen molar-refractivity contribution in [2.75, 3.05) is 26.3 Å². The average Bonchev–Trinajstić information content (AvgIpc) is 3.35. The van der Waals surface area contributed by atoms with Crippen LogP contribution in [0, 0.1) is 0 Å². The fraction of sp³-hybridized carbons (Fsp3) is 0.304. The standard InChI is InChI=1S/C23H19ClF3N5O3S/c24-15-3-2-14(17(9-15)23(25,26)27)10-32-19-4-1-13(7-18(19)29-30-32)8-20-21(33)31(22(34)36-20)11-16-12-35-6-5-28-16/h1-4,7-9,16,28H,5-6,10-12H2/t16-/m0/s1. The zero-order valence-electron chi connectivity index (χ0n) is 18.6. The molecule has 0 saturated carbocycles. The number of nitrogens with one attached hydrogen (secondary N) is 1. The molecule has 13 heteroatoms. The summed E-state index contributed by atoms with van der Waals surface area (Å²) in [4.78, 5) is 26.7. The van der Waals surface area contributed by atoms with Crippen LogP contribution in [0.4, 0.5) is 18.0 Å². The number of morpholine rings is 1. The SMILES string of the molecule is O=C1SC(=Cc2ccc3c(c2)nnn3Cc2ccc(Cl)cc2C(F)(F)F)C(=O)N1C[C@H]1COCCN1. The molecule has 1 aromatic heterocycles. The van der Waals surface area contributed by atoms with Gasteiger partial charge in [0.05, 0.1) is 35.7 Å². The third-order valence-corrected chi connectivity index (χ3v) is 6.95. The van der Waals surface area contributed by atoms with E-state index in [9.17, 15) is 22.8 Å². The Labute approximate surface area is 212 Å². The number of benzene rings is 2. The van der Waals surface area contributed by atoms with Crippen LogP contribution < -0.4 is 5.32 Å². The third kappa shape index (κ3) is 5.12. The molecular weight excluding hydrogens is 519 g/mol. The molecule has 3 aromatic rings. The van der Waals surface area contributed by atoms with E-state index >= 15 is 0 Å². The number of ether oxygens (including phenoxy) is 1. The molecule has 0 aliphatic carbocycles. The van der Waals surface area contributed by atoms with E-state index < -0.39 is 11.7 Å². The van der Waals surface area contributed by atoms with Gasteiger partial charge in [0.25, 0.3) is 11.1 Å². The molecule has 0 spiro atoms. The quantitative estimate of drug-likeness (QED) is 0.488. The first kappa shape index (κ1) is 24.8. The van der Waals surface area contributed by atoms with Gasteiger partial charge >= 0.3 is 6.18 Å². The zero-order valence-corrected chi connectivity index (χ0v) is 20.2. The summed E-state index contributed by atoms with van der Waals surface area (Å²) in [6, 6.07) is 8.51. The molecule has 3 heterocycles. The minimum Gasteiger partial charge on any atom is -0.378 e. The lowest BCUT2D eigenvalue weighted by molar-refractivity contribution is -0.138. The van der Waals surface area contributed by atoms with Crippen LogP contribution in [0.2, 0.25) is 5.02 Å².